The predicted molar refractivity (Wildman–Crippen MR) is 145 cm³/mol. The summed E-state index contributed by atoms with van der Waals surface area (Å²) in [5, 5.41) is 0. The molecule has 0 amide bonds. The normalized spacial score (nSPS) is 17.8. The molecule has 0 bridgehead atoms. The number of carbonyl (C=O) groups excluding carboxylic acids is 2. The lowest BCUT2D eigenvalue weighted by atomic mass is 9.95. The fraction of sp³-hybridized carbons (Fsp3) is 0.933. The van der Waals surface area contributed by atoms with Gasteiger partial charge >= 0.3 is 12.3 Å². The maximum absolute atomic E-state index is 11.9. The van der Waals surface area contributed by atoms with Gasteiger partial charge < -0.3 is 18.9 Å². The molecule has 0 unspecified atom stereocenters. The molecule has 1 saturated carbocycles. The van der Waals surface area contributed by atoms with E-state index in [0.29, 0.717) is 38.9 Å². The van der Waals surface area contributed by atoms with Crippen LogP contribution in [0.5, 0.6) is 0 Å². The summed E-state index contributed by atoms with van der Waals surface area (Å²) >= 11 is 0. The van der Waals surface area contributed by atoms with Crippen LogP contribution in [-0.2, 0) is 18.9 Å². The van der Waals surface area contributed by atoms with Crippen LogP contribution in [0.25, 0.3) is 0 Å². The molecule has 0 aromatic rings. The zero-order valence-corrected chi connectivity index (χ0v) is 23.9. The van der Waals surface area contributed by atoms with Crippen LogP contribution in [0.2, 0.25) is 0 Å². The Labute approximate surface area is 221 Å². The molecule has 0 radical (unpaired) electrons. The van der Waals surface area contributed by atoms with Crippen molar-refractivity contribution in [3.8, 4) is 0 Å². The highest BCUT2D eigenvalue weighted by molar-refractivity contribution is 5.60. The molecular formula is C30H56O6. The smallest absolute Gasteiger partial charge is 0.434 e. The molecule has 1 fully saturated rings. The second-order valence-corrected chi connectivity index (χ2v) is 11.4. The zero-order chi connectivity index (χ0) is 26.4. The van der Waals surface area contributed by atoms with Crippen molar-refractivity contribution in [2.45, 2.75) is 155 Å². The Kier molecular flexibility index (Phi) is 19.5. The number of rotatable bonds is 20. The standard InChI is InChI=1S/C30H56O6/c1-25(2)17-13-9-7-5-6-8-11-15-23-33-29(31)35-27-19-21-28(22-20-27)36-30(32)34-24-16-12-10-14-18-26(3)4/h25-28H,5-24H2,1-4H3. The van der Waals surface area contributed by atoms with Gasteiger partial charge in [-0.2, -0.15) is 0 Å². The van der Waals surface area contributed by atoms with Crippen LogP contribution < -0.4 is 0 Å². The van der Waals surface area contributed by atoms with Crippen LogP contribution in [0.4, 0.5) is 9.59 Å². The van der Waals surface area contributed by atoms with E-state index in [1.54, 1.807) is 0 Å². The molecule has 212 valence electrons. The Hall–Kier alpha value is -1.46. The largest absolute Gasteiger partial charge is 0.508 e. The van der Waals surface area contributed by atoms with Crippen molar-refractivity contribution in [3.63, 3.8) is 0 Å². The molecule has 0 N–H and O–H groups in total. The van der Waals surface area contributed by atoms with E-state index in [2.05, 4.69) is 27.7 Å². The fourth-order valence-electron chi connectivity index (χ4n) is 4.64. The Balaban J connectivity index is 1.93. The third kappa shape index (κ3) is 19.7. The van der Waals surface area contributed by atoms with E-state index in [4.69, 9.17) is 18.9 Å². The molecule has 0 atom stereocenters. The highest BCUT2D eigenvalue weighted by atomic mass is 16.7. The average Bonchev–Trinajstić information content (AvgIpc) is 2.82. The number of hydrogen-bond acceptors (Lipinski definition) is 6. The second kappa shape index (κ2) is 21.6. The van der Waals surface area contributed by atoms with Crippen LogP contribution in [0.3, 0.4) is 0 Å². The quantitative estimate of drug-likeness (QED) is 0.119. The molecule has 6 nitrogen and oxygen atoms in total. The fourth-order valence-corrected chi connectivity index (χ4v) is 4.64. The summed E-state index contributed by atoms with van der Waals surface area (Å²) in [6.07, 6.45) is 18.0. The van der Waals surface area contributed by atoms with Gasteiger partial charge in [0.15, 0.2) is 0 Å². The van der Waals surface area contributed by atoms with E-state index in [0.717, 1.165) is 37.5 Å². The SMILES string of the molecule is CC(C)CCCCCCCCCCOC(=O)OC1CCC(OC(=O)OCCCCCCC(C)C)CC1. The highest BCUT2D eigenvalue weighted by Crippen LogP contribution is 2.24. The molecule has 1 aliphatic rings. The van der Waals surface area contributed by atoms with Gasteiger partial charge in [0.05, 0.1) is 13.2 Å². The summed E-state index contributed by atoms with van der Waals surface area (Å²) in [5.41, 5.74) is 0. The number of unbranched alkanes of at least 4 members (excludes halogenated alkanes) is 10. The average molecular weight is 513 g/mol. The monoisotopic (exact) mass is 512 g/mol. The second-order valence-electron chi connectivity index (χ2n) is 11.4. The van der Waals surface area contributed by atoms with Crippen molar-refractivity contribution in [2.24, 2.45) is 11.8 Å². The molecule has 6 heteroatoms. The Bertz CT molecular complexity index is 540. The highest BCUT2D eigenvalue weighted by Gasteiger charge is 2.27. The predicted octanol–water partition coefficient (Wildman–Crippen LogP) is 9.38. The summed E-state index contributed by atoms with van der Waals surface area (Å²) < 4.78 is 21.3. The van der Waals surface area contributed by atoms with Crippen LogP contribution >= 0.6 is 0 Å². The maximum Gasteiger partial charge on any atom is 0.508 e. The topological polar surface area (TPSA) is 71.1 Å². The van der Waals surface area contributed by atoms with E-state index in [1.165, 1.54) is 64.2 Å². The third-order valence-electron chi connectivity index (χ3n) is 6.94. The molecule has 0 aromatic heterocycles. The Morgan fingerprint density at radius 3 is 1.17 bits per heavy atom. The molecule has 0 aromatic carbocycles. The first kappa shape index (κ1) is 32.6. The van der Waals surface area contributed by atoms with Crippen LogP contribution in [0.1, 0.15) is 143 Å². The van der Waals surface area contributed by atoms with Gasteiger partial charge in [0.1, 0.15) is 12.2 Å². The van der Waals surface area contributed by atoms with Crippen molar-refractivity contribution in [1.82, 2.24) is 0 Å². The summed E-state index contributed by atoms with van der Waals surface area (Å²) in [6, 6.07) is 0. The Morgan fingerprint density at radius 2 is 0.833 bits per heavy atom. The first-order valence-corrected chi connectivity index (χ1v) is 15.0. The lowest BCUT2D eigenvalue weighted by Crippen LogP contribution is -2.30. The minimum atomic E-state index is -0.577. The van der Waals surface area contributed by atoms with Crippen molar-refractivity contribution in [2.75, 3.05) is 13.2 Å². The van der Waals surface area contributed by atoms with Gasteiger partial charge in [-0.3, -0.25) is 0 Å². The van der Waals surface area contributed by atoms with Gasteiger partial charge in [0, 0.05) is 0 Å². The van der Waals surface area contributed by atoms with Crippen LogP contribution in [0.15, 0.2) is 0 Å². The molecule has 0 heterocycles. The summed E-state index contributed by atoms with van der Waals surface area (Å²) in [7, 11) is 0. The molecule has 1 rings (SSSR count). The molecule has 0 saturated heterocycles. The molecule has 0 spiro atoms. The van der Waals surface area contributed by atoms with Gasteiger partial charge in [-0.05, 0) is 50.4 Å². The maximum atomic E-state index is 11.9. The summed E-state index contributed by atoms with van der Waals surface area (Å²) in [4.78, 5) is 23.8. The third-order valence-corrected chi connectivity index (χ3v) is 6.94. The van der Waals surface area contributed by atoms with E-state index in [-0.39, 0.29) is 12.2 Å². The van der Waals surface area contributed by atoms with Gasteiger partial charge in [-0.1, -0.05) is 105 Å². The van der Waals surface area contributed by atoms with E-state index < -0.39 is 12.3 Å². The van der Waals surface area contributed by atoms with Crippen molar-refractivity contribution >= 4 is 12.3 Å². The van der Waals surface area contributed by atoms with Crippen LogP contribution in [0, 0.1) is 11.8 Å². The van der Waals surface area contributed by atoms with Crippen molar-refractivity contribution < 1.29 is 28.5 Å². The lowest BCUT2D eigenvalue weighted by molar-refractivity contribution is -0.0271. The number of hydrogen-bond donors (Lipinski definition) is 0. The summed E-state index contributed by atoms with van der Waals surface area (Å²) in [6.45, 7) is 9.90. The molecule has 0 aliphatic heterocycles. The van der Waals surface area contributed by atoms with Gasteiger partial charge in [0.2, 0.25) is 0 Å². The minimum absolute atomic E-state index is 0.157. The van der Waals surface area contributed by atoms with E-state index in [9.17, 15) is 9.59 Å². The minimum Gasteiger partial charge on any atom is -0.434 e. The lowest BCUT2D eigenvalue weighted by Gasteiger charge is -2.27. The Morgan fingerprint density at radius 1 is 0.528 bits per heavy atom. The molecule has 36 heavy (non-hydrogen) atoms. The number of carbonyl (C=O) groups is 2. The van der Waals surface area contributed by atoms with Gasteiger partial charge in [-0.25, -0.2) is 9.59 Å². The van der Waals surface area contributed by atoms with Crippen LogP contribution in [-0.4, -0.2) is 37.7 Å². The first-order chi connectivity index (χ1) is 17.4. The number of ether oxygens (including phenoxy) is 4. The van der Waals surface area contributed by atoms with Crippen molar-refractivity contribution in [1.29, 1.82) is 0 Å². The zero-order valence-electron chi connectivity index (χ0n) is 23.9. The molecule has 1 aliphatic carbocycles. The van der Waals surface area contributed by atoms with Crippen molar-refractivity contribution in [3.05, 3.63) is 0 Å². The van der Waals surface area contributed by atoms with Gasteiger partial charge in [0.25, 0.3) is 0 Å². The van der Waals surface area contributed by atoms with Gasteiger partial charge in [-0.15, -0.1) is 0 Å². The first-order valence-electron chi connectivity index (χ1n) is 15.0. The van der Waals surface area contributed by atoms with E-state index in [1.807, 2.05) is 0 Å². The molecular weight excluding hydrogens is 456 g/mol. The van der Waals surface area contributed by atoms with E-state index >= 15 is 0 Å². The summed E-state index contributed by atoms with van der Waals surface area (Å²) in [5.74, 6) is 1.57.